The molecular weight excluding hydrogens is 302 g/mol. The first kappa shape index (κ1) is 18.1. The van der Waals surface area contributed by atoms with Crippen molar-refractivity contribution in [1.82, 2.24) is 0 Å². The molecule has 5 heteroatoms. The Kier molecular flexibility index (Phi) is 7.57. The van der Waals surface area contributed by atoms with Gasteiger partial charge in [0.25, 0.3) is 0 Å². The monoisotopic (exact) mass is 323 g/mol. The molecule has 2 aromatic carbocycles. The molecule has 2 aromatic rings. The number of ether oxygens (including phenoxy) is 3. The van der Waals surface area contributed by atoms with E-state index in [0.717, 1.165) is 17.5 Å². The molecule has 2 N–H and O–H groups in total. The maximum absolute atomic E-state index is 5.89. The molecule has 0 aliphatic rings. The third kappa shape index (κ3) is 4.55. The predicted octanol–water partition coefficient (Wildman–Crippen LogP) is 3.21. The quantitative estimate of drug-likeness (QED) is 0.850. The molecule has 0 saturated heterocycles. The Morgan fingerprint density at radius 1 is 0.909 bits per heavy atom. The van der Waals surface area contributed by atoms with Gasteiger partial charge in [-0.15, -0.1) is 12.4 Å². The van der Waals surface area contributed by atoms with Crippen LogP contribution in [0.2, 0.25) is 0 Å². The minimum atomic E-state index is 0. The lowest BCUT2D eigenvalue weighted by Gasteiger charge is -2.16. The molecule has 2 rings (SSSR count). The van der Waals surface area contributed by atoms with E-state index < -0.39 is 0 Å². The van der Waals surface area contributed by atoms with Gasteiger partial charge >= 0.3 is 0 Å². The fraction of sp³-hybridized carbons (Fsp3) is 0.294. The highest BCUT2D eigenvalue weighted by molar-refractivity contribution is 5.85. The maximum Gasteiger partial charge on any atom is 0.203 e. The lowest BCUT2D eigenvalue weighted by atomic mass is 10.1. The van der Waals surface area contributed by atoms with E-state index in [1.54, 1.807) is 14.2 Å². The Labute approximate surface area is 137 Å². The van der Waals surface area contributed by atoms with Gasteiger partial charge in [-0.05, 0) is 36.2 Å². The first-order valence-electron chi connectivity index (χ1n) is 6.90. The van der Waals surface area contributed by atoms with Crippen molar-refractivity contribution in [1.29, 1.82) is 0 Å². The summed E-state index contributed by atoms with van der Waals surface area (Å²) in [5.74, 6) is 1.94. The molecule has 0 atom stereocenters. The van der Waals surface area contributed by atoms with Gasteiger partial charge in [0.2, 0.25) is 5.75 Å². The van der Waals surface area contributed by atoms with Gasteiger partial charge in [0.1, 0.15) is 6.61 Å². The molecule has 0 aliphatic heterocycles. The van der Waals surface area contributed by atoms with Crippen molar-refractivity contribution in [3.63, 3.8) is 0 Å². The van der Waals surface area contributed by atoms with Gasteiger partial charge in [-0.1, -0.05) is 30.3 Å². The molecule has 120 valence electrons. The molecule has 0 aliphatic carbocycles. The standard InChI is InChI=1S/C17H21NO3.ClH/c1-19-15-10-14(8-9-18)11-16(20-2)17(15)21-12-13-6-4-3-5-7-13;/h3-7,10-11H,8-9,12,18H2,1-2H3;1H. The third-order valence-corrected chi connectivity index (χ3v) is 3.18. The molecule has 0 spiro atoms. The molecule has 0 saturated carbocycles. The number of nitrogens with two attached hydrogens (primary N) is 1. The molecule has 0 unspecified atom stereocenters. The summed E-state index contributed by atoms with van der Waals surface area (Å²) in [6, 6.07) is 13.9. The molecule has 0 bridgehead atoms. The smallest absolute Gasteiger partial charge is 0.203 e. The van der Waals surface area contributed by atoms with Gasteiger partial charge in [-0.25, -0.2) is 0 Å². The summed E-state index contributed by atoms with van der Waals surface area (Å²) in [5, 5.41) is 0. The van der Waals surface area contributed by atoms with Gasteiger partial charge in [-0.3, -0.25) is 0 Å². The van der Waals surface area contributed by atoms with E-state index in [-0.39, 0.29) is 12.4 Å². The summed E-state index contributed by atoms with van der Waals surface area (Å²) >= 11 is 0. The second-order valence-electron chi connectivity index (χ2n) is 4.64. The van der Waals surface area contributed by atoms with E-state index in [9.17, 15) is 0 Å². The topological polar surface area (TPSA) is 53.7 Å². The van der Waals surface area contributed by atoms with E-state index in [1.807, 2.05) is 42.5 Å². The minimum Gasteiger partial charge on any atom is -0.493 e. The van der Waals surface area contributed by atoms with E-state index in [0.29, 0.717) is 30.4 Å². The SMILES string of the molecule is COc1cc(CCN)cc(OC)c1OCc1ccccc1.Cl. The Morgan fingerprint density at radius 2 is 1.50 bits per heavy atom. The summed E-state index contributed by atoms with van der Waals surface area (Å²) in [4.78, 5) is 0. The molecule has 0 amide bonds. The van der Waals surface area contributed by atoms with Crippen LogP contribution in [0.1, 0.15) is 11.1 Å². The fourth-order valence-corrected chi connectivity index (χ4v) is 2.12. The summed E-state index contributed by atoms with van der Waals surface area (Å²) in [6.07, 6.45) is 0.770. The average molecular weight is 324 g/mol. The van der Waals surface area contributed by atoms with Gasteiger partial charge in [0.15, 0.2) is 11.5 Å². The van der Waals surface area contributed by atoms with Crippen molar-refractivity contribution in [3.8, 4) is 17.2 Å². The predicted molar refractivity (Wildman–Crippen MR) is 90.3 cm³/mol. The van der Waals surface area contributed by atoms with Crippen LogP contribution in [-0.2, 0) is 13.0 Å². The molecular formula is C17H22ClNO3. The fourth-order valence-electron chi connectivity index (χ4n) is 2.12. The average Bonchev–Trinajstić information content (AvgIpc) is 2.54. The zero-order chi connectivity index (χ0) is 15.1. The van der Waals surface area contributed by atoms with Crippen LogP contribution in [0, 0.1) is 0 Å². The second-order valence-corrected chi connectivity index (χ2v) is 4.64. The van der Waals surface area contributed by atoms with Crippen molar-refractivity contribution in [2.45, 2.75) is 13.0 Å². The molecule has 0 fully saturated rings. The molecule has 0 heterocycles. The third-order valence-electron chi connectivity index (χ3n) is 3.18. The maximum atomic E-state index is 5.89. The first-order chi connectivity index (χ1) is 10.3. The summed E-state index contributed by atoms with van der Waals surface area (Å²) in [5.41, 5.74) is 7.76. The molecule has 0 aromatic heterocycles. The van der Waals surface area contributed by atoms with Crippen molar-refractivity contribution in [3.05, 3.63) is 53.6 Å². The van der Waals surface area contributed by atoms with Crippen molar-refractivity contribution >= 4 is 12.4 Å². The zero-order valence-corrected chi connectivity index (χ0v) is 13.7. The lowest BCUT2D eigenvalue weighted by Crippen LogP contribution is -2.05. The van der Waals surface area contributed by atoms with Gasteiger partial charge in [0, 0.05) is 0 Å². The van der Waals surface area contributed by atoms with Gasteiger partial charge in [0.05, 0.1) is 14.2 Å². The highest BCUT2D eigenvalue weighted by Gasteiger charge is 2.14. The number of methoxy groups -OCH3 is 2. The lowest BCUT2D eigenvalue weighted by molar-refractivity contribution is 0.265. The van der Waals surface area contributed by atoms with Crippen LogP contribution < -0.4 is 19.9 Å². The van der Waals surface area contributed by atoms with E-state index >= 15 is 0 Å². The van der Waals surface area contributed by atoms with E-state index in [4.69, 9.17) is 19.9 Å². The largest absolute Gasteiger partial charge is 0.493 e. The van der Waals surface area contributed by atoms with Crippen LogP contribution in [-0.4, -0.2) is 20.8 Å². The van der Waals surface area contributed by atoms with Gasteiger partial charge < -0.3 is 19.9 Å². The normalized spacial score (nSPS) is 9.77. The van der Waals surface area contributed by atoms with Crippen LogP contribution in [0.5, 0.6) is 17.2 Å². The van der Waals surface area contributed by atoms with Crippen LogP contribution in [0.15, 0.2) is 42.5 Å². The van der Waals surface area contributed by atoms with Crippen molar-refractivity contribution in [2.24, 2.45) is 5.73 Å². The van der Waals surface area contributed by atoms with Gasteiger partial charge in [-0.2, -0.15) is 0 Å². The highest BCUT2D eigenvalue weighted by atomic mass is 35.5. The van der Waals surface area contributed by atoms with Crippen molar-refractivity contribution in [2.75, 3.05) is 20.8 Å². The van der Waals surface area contributed by atoms with Crippen LogP contribution in [0.3, 0.4) is 0 Å². The van der Waals surface area contributed by atoms with Crippen LogP contribution in [0.25, 0.3) is 0 Å². The second kappa shape index (κ2) is 9.18. The summed E-state index contributed by atoms with van der Waals surface area (Å²) in [6.45, 7) is 1.04. The summed E-state index contributed by atoms with van der Waals surface area (Å²) in [7, 11) is 3.24. The van der Waals surface area contributed by atoms with Crippen LogP contribution >= 0.6 is 12.4 Å². The van der Waals surface area contributed by atoms with Crippen LogP contribution in [0.4, 0.5) is 0 Å². The summed E-state index contributed by atoms with van der Waals surface area (Å²) < 4.78 is 16.7. The van der Waals surface area contributed by atoms with E-state index in [1.165, 1.54) is 0 Å². The van der Waals surface area contributed by atoms with E-state index in [2.05, 4.69) is 0 Å². The number of benzene rings is 2. The molecule has 0 radical (unpaired) electrons. The number of hydrogen-bond acceptors (Lipinski definition) is 4. The number of rotatable bonds is 7. The number of halogens is 1. The molecule has 4 nitrogen and oxygen atoms in total. The Morgan fingerprint density at radius 3 is 2.00 bits per heavy atom. The zero-order valence-electron chi connectivity index (χ0n) is 12.9. The van der Waals surface area contributed by atoms with Crippen molar-refractivity contribution < 1.29 is 14.2 Å². The number of hydrogen-bond donors (Lipinski definition) is 1. The molecule has 22 heavy (non-hydrogen) atoms. The first-order valence-corrected chi connectivity index (χ1v) is 6.90. The Hall–Kier alpha value is -1.91. The Balaban J connectivity index is 0.00000242. The minimum absolute atomic E-state index is 0. The highest BCUT2D eigenvalue weighted by Crippen LogP contribution is 2.39. The Bertz CT molecular complexity index is 550.